The van der Waals surface area contributed by atoms with Crippen molar-refractivity contribution in [3.8, 4) is 0 Å². The van der Waals surface area contributed by atoms with Gasteiger partial charge in [0.15, 0.2) is 0 Å². The van der Waals surface area contributed by atoms with E-state index in [0.717, 1.165) is 11.6 Å². The molecule has 1 aliphatic carbocycles. The van der Waals surface area contributed by atoms with Gasteiger partial charge in [0.1, 0.15) is 0 Å². The van der Waals surface area contributed by atoms with E-state index in [1.54, 1.807) is 12.2 Å². The van der Waals surface area contributed by atoms with Crippen molar-refractivity contribution in [2.75, 3.05) is 0 Å². The summed E-state index contributed by atoms with van der Waals surface area (Å²) in [5, 5.41) is 0. The summed E-state index contributed by atoms with van der Waals surface area (Å²) >= 11 is 0. The van der Waals surface area contributed by atoms with E-state index in [2.05, 4.69) is 5.73 Å². The maximum Gasteiger partial charge on any atom is 0.416 e. The van der Waals surface area contributed by atoms with Crippen LogP contribution in [0.4, 0.5) is 13.2 Å². The van der Waals surface area contributed by atoms with Crippen molar-refractivity contribution in [2.45, 2.75) is 19.5 Å². The van der Waals surface area contributed by atoms with Gasteiger partial charge in [0.25, 0.3) is 0 Å². The van der Waals surface area contributed by atoms with Crippen LogP contribution in [0.1, 0.15) is 13.3 Å². The topological polar surface area (TPSA) is 0 Å². The summed E-state index contributed by atoms with van der Waals surface area (Å²) in [5.74, 6) is 0. The smallest absolute Gasteiger partial charge is 0.166 e. The fourth-order valence-corrected chi connectivity index (χ4v) is 1.02. The summed E-state index contributed by atoms with van der Waals surface area (Å²) in [5.41, 5.74) is 2.76. The van der Waals surface area contributed by atoms with E-state index in [9.17, 15) is 13.2 Å². The van der Waals surface area contributed by atoms with Gasteiger partial charge in [0, 0.05) is 0 Å². The monoisotopic (exact) mass is 186 g/mol. The number of alkyl halides is 3. The van der Waals surface area contributed by atoms with E-state index in [1.807, 2.05) is 6.92 Å². The molecule has 0 aromatic heterocycles. The molecule has 1 rings (SSSR count). The summed E-state index contributed by atoms with van der Waals surface area (Å²) in [6.45, 7) is 1.82. The molecule has 0 spiro atoms. The van der Waals surface area contributed by atoms with Crippen molar-refractivity contribution in [3.05, 3.63) is 41.2 Å². The van der Waals surface area contributed by atoms with E-state index in [0.29, 0.717) is 6.42 Å². The van der Waals surface area contributed by atoms with Gasteiger partial charge in [-0.3, -0.25) is 0 Å². The van der Waals surface area contributed by atoms with Gasteiger partial charge in [-0.15, -0.1) is 5.73 Å². The SMILES string of the molecule is C/C=C/C1=C=CC(C(F)(F)F)=CC1. The van der Waals surface area contributed by atoms with Crippen LogP contribution in [-0.2, 0) is 0 Å². The molecule has 1 aliphatic rings. The van der Waals surface area contributed by atoms with E-state index in [4.69, 9.17) is 0 Å². The Morgan fingerprint density at radius 3 is 2.54 bits per heavy atom. The van der Waals surface area contributed by atoms with E-state index >= 15 is 0 Å². The Bertz CT molecular complexity index is 310. The van der Waals surface area contributed by atoms with Crippen molar-refractivity contribution < 1.29 is 13.2 Å². The maximum atomic E-state index is 12.1. The molecule has 0 N–H and O–H groups in total. The largest absolute Gasteiger partial charge is 0.416 e. The van der Waals surface area contributed by atoms with Gasteiger partial charge in [0.05, 0.1) is 5.57 Å². The molecule has 0 nitrogen and oxygen atoms in total. The van der Waals surface area contributed by atoms with Crippen LogP contribution in [0.5, 0.6) is 0 Å². The second-order valence-corrected chi connectivity index (χ2v) is 2.68. The molecular formula is C10H9F3. The summed E-state index contributed by atoms with van der Waals surface area (Å²) in [4.78, 5) is 0. The van der Waals surface area contributed by atoms with Crippen molar-refractivity contribution in [1.29, 1.82) is 0 Å². The zero-order valence-corrected chi connectivity index (χ0v) is 7.15. The number of hydrogen-bond donors (Lipinski definition) is 0. The van der Waals surface area contributed by atoms with Gasteiger partial charge in [-0.25, -0.2) is 0 Å². The second-order valence-electron chi connectivity index (χ2n) is 2.68. The lowest BCUT2D eigenvalue weighted by Gasteiger charge is -2.09. The first-order valence-electron chi connectivity index (χ1n) is 3.89. The highest BCUT2D eigenvalue weighted by Crippen LogP contribution is 2.29. The fourth-order valence-electron chi connectivity index (χ4n) is 1.02. The van der Waals surface area contributed by atoms with Crippen LogP contribution < -0.4 is 0 Å². The average molecular weight is 186 g/mol. The molecular weight excluding hydrogens is 177 g/mol. The van der Waals surface area contributed by atoms with E-state index in [-0.39, 0.29) is 0 Å². The molecule has 0 radical (unpaired) electrons. The van der Waals surface area contributed by atoms with Crippen molar-refractivity contribution in [2.24, 2.45) is 0 Å². The molecule has 0 amide bonds. The number of halogens is 3. The van der Waals surface area contributed by atoms with Gasteiger partial charge >= 0.3 is 6.18 Å². The van der Waals surface area contributed by atoms with Crippen LogP contribution in [-0.4, -0.2) is 6.18 Å². The van der Waals surface area contributed by atoms with E-state index in [1.165, 1.54) is 6.08 Å². The molecule has 0 atom stereocenters. The molecule has 3 heteroatoms. The highest BCUT2D eigenvalue weighted by molar-refractivity contribution is 5.34. The summed E-state index contributed by atoms with van der Waals surface area (Å²) in [7, 11) is 0. The van der Waals surface area contributed by atoms with Gasteiger partial charge < -0.3 is 0 Å². The van der Waals surface area contributed by atoms with Crippen LogP contribution in [0.2, 0.25) is 0 Å². The van der Waals surface area contributed by atoms with Crippen LogP contribution in [0.15, 0.2) is 41.2 Å². The highest BCUT2D eigenvalue weighted by Gasteiger charge is 2.32. The molecule has 0 fully saturated rings. The third-order valence-electron chi connectivity index (χ3n) is 1.65. The maximum absolute atomic E-state index is 12.1. The molecule has 0 aromatic carbocycles. The molecule has 0 bridgehead atoms. The Kier molecular flexibility index (Phi) is 2.79. The Morgan fingerprint density at radius 1 is 1.46 bits per heavy atom. The average Bonchev–Trinajstić information content (AvgIpc) is 2.04. The van der Waals surface area contributed by atoms with E-state index < -0.39 is 11.7 Å². The first-order valence-corrected chi connectivity index (χ1v) is 3.89. The number of hydrogen-bond acceptors (Lipinski definition) is 0. The summed E-state index contributed by atoms with van der Waals surface area (Å²) < 4.78 is 36.3. The van der Waals surface area contributed by atoms with Gasteiger partial charge in [-0.1, -0.05) is 18.2 Å². The lowest BCUT2D eigenvalue weighted by molar-refractivity contribution is -0.0884. The third-order valence-corrected chi connectivity index (χ3v) is 1.65. The van der Waals surface area contributed by atoms with Crippen molar-refractivity contribution in [3.63, 3.8) is 0 Å². The van der Waals surface area contributed by atoms with Crippen molar-refractivity contribution in [1.82, 2.24) is 0 Å². The molecule has 0 heterocycles. The second kappa shape index (κ2) is 3.67. The molecule has 0 aromatic rings. The minimum atomic E-state index is -4.24. The predicted octanol–water partition coefficient (Wildman–Crippen LogP) is 3.54. The number of allylic oxidation sites excluding steroid dienone is 5. The number of rotatable bonds is 1. The van der Waals surface area contributed by atoms with Gasteiger partial charge in [-0.2, -0.15) is 13.2 Å². The molecule has 13 heavy (non-hydrogen) atoms. The van der Waals surface area contributed by atoms with Gasteiger partial charge in [0.2, 0.25) is 0 Å². The standard InChI is InChI=1S/C10H9F3/c1-2-3-8-4-6-9(7-5-8)10(11,12)13/h2-3,6-7H,4H2,1H3/b3-2+. The predicted molar refractivity (Wildman–Crippen MR) is 45.2 cm³/mol. The van der Waals surface area contributed by atoms with Crippen LogP contribution in [0, 0.1) is 0 Å². The van der Waals surface area contributed by atoms with Crippen molar-refractivity contribution >= 4 is 0 Å². The Labute approximate surface area is 74.8 Å². The first-order chi connectivity index (χ1) is 6.04. The lowest BCUT2D eigenvalue weighted by atomic mass is 10.0. The van der Waals surface area contributed by atoms with Crippen LogP contribution in [0.25, 0.3) is 0 Å². The quantitative estimate of drug-likeness (QED) is 0.549. The Balaban J connectivity index is 2.85. The molecule has 0 unspecified atom stereocenters. The summed E-state index contributed by atoms with van der Waals surface area (Å²) in [6, 6.07) is 0. The lowest BCUT2D eigenvalue weighted by Crippen LogP contribution is -2.10. The zero-order chi connectivity index (χ0) is 9.90. The molecule has 0 saturated carbocycles. The minimum absolute atomic E-state index is 0.301. The zero-order valence-electron chi connectivity index (χ0n) is 7.15. The van der Waals surface area contributed by atoms with Gasteiger partial charge in [-0.05, 0) is 25.0 Å². The fraction of sp³-hybridized carbons (Fsp3) is 0.300. The Hall–Kier alpha value is -1.21. The molecule has 70 valence electrons. The highest BCUT2D eigenvalue weighted by atomic mass is 19.4. The minimum Gasteiger partial charge on any atom is -0.166 e. The Morgan fingerprint density at radius 2 is 2.15 bits per heavy atom. The first kappa shape index (κ1) is 9.87. The van der Waals surface area contributed by atoms with Crippen LogP contribution >= 0.6 is 0 Å². The van der Waals surface area contributed by atoms with Crippen LogP contribution in [0.3, 0.4) is 0 Å². The summed E-state index contributed by atoms with van der Waals surface area (Å²) in [6.07, 6.45) is 1.75. The third kappa shape index (κ3) is 2.63. The molecule has 0 aliphatic heterocycles. The molecule has 0 saturated heterocycles. The normalized spacial score (nSPS) is 17.5.